The second-order valence-corrected chi connectivity index (χ2v) is 8.57. The molecule has 28 heavy (non-hydrogen) atoms. The van der Waals surface area contributed by atoms with Gasteiger partial charge in [0.2, 0.25) is 5.96 Å². The Labute approximate surface area is 166 Å². The van der Waals surface area contributed by atoms with Gasteiger partial charge in [-0.25, -0.2) is 4.79 Å². The number of thiophene rings is 1. The van der Waals surface area contributed by atoms with E-state index in [2.05, 4.69) is 9.71 Å². The maximum Gasteiger partial charge on any atom is 0.338 e. The first kappa shape index (κ1) is 19.6. The smallest absolute Gasteiger partial charge is 0.338 e. The lowest BCUT2D eigenvalue weighted by Gasteiger charge is -2.05. The number of benzene rings is 2. The maximum atomic E-state index is 12.4. The minimum atomic E-state index is -4.02. The fraction of sp³-hybridized carbons (Fsp3) is 0.0526. The highest BCUT2D eigenvalue weighted by atomic mass is 32.2. The summed E-state index contributed by atoms with van der Waals surface area (Å²) in [6.07, 6.45) is 0. The highest BCUT2D eigenvalue weighted by Gasteiger charge is 2.18. The van der Waals surface area contributed by atoms with E-state index in [4.69, 9.17) is 5.73 Å². The molecule has 3 aromatic rings. The van der Waals surface area contributed by atoms with Gasteiger partial charge in [0.05, 0.1) is 10.5 Å². The first-order valence-corrected chi connectivity index (χ1v) is 10.4. The number of aryl methyl sites for hydroxylation is 1. The molecular weight excluding hydrogens is 398 g/mol. The monoisotopic (exact) mass is 415 g/mol. The van der Waals surface area contributed by atoms with Crippen LogP contribution in [0, 0.1) is 6.92 Å². The average Bonchev–Trinajstić information content (AvgIpc) is 3.06. The van der Waals surface area contributed by atoms with Crippen LogP contribution in [0.4, 0.5) is 5.00 Å². The van der Waals surface area contributed by atoms with Crippen LogP contribution in [0.25, 0.3) is 10.4 Å². The Morgan fingerprint density at radius 2 is 1.75 bits per heavy atom. The third-order valence-corrected chi connectivity index (χ3v) is 6.20. The van der Waals surface area contributed by atoms with Crippen LogP contribution in [-0.4, -0.2) is 25.5 Å². The van der Waals surface area contributed by atoms with Gasteiger partial charge in [-0.15, -0.1) is 15.7 Å². The van der Waals surface area contributed by atoms with E-state index in [0.29, 0.717) is 4.88 Å². The van der Waals surface area contributed by atoms with Crippen LogP contribution in [0.2, 0.25) is 0 Å². The molecule has 0 saturated heterocycles. The summed E-state index contributed by atoms with van der Waals surface area (Å²) in [4.78, 5) is 12.3. The molecular formula is C19H17N3O4S2. The molecule has 2 aromatic carbocycles. The average molecular weight is 415 g/mol. The summed E-state index contributed by atoms with van der Waals surface area (Å²) < 4.78 is 28.3. The van der Waals surface area contributed by atoms with E-state index in [9.17, 15) is 18.3 Å². The molecule has 144 valence electrons. The molecule has 7 nitrogen and oxygen atoms in total. The Balaban J connectivity index is 1.92. The van der Waals surface area contributed by atoms with Crippen molar-refractivity contribution in [3.05, 3.63) is 71.8 Å². The van der Waals surface area contributed by atoms with Gasteiger partial charge < -0.3 is 16.2 Å². The van der Waals surface area contributed by atoms with E-state index >= 15 is 0 Å². The fourth-order valence-corrected chi connectivity index (χ4v) is 4.37. The van der Waals surface area contributed by atoms with Crippen LogP contribution in [0.15, 0.2) is 70.0 Å². The van der Waals surface area contributed by atoms with Crippen LogP contribution in [0.3, 0.4) is 0 Å². The van der Waals surface area contributed by atoms with Gasteiger partial charge in [-0.2, -0.15) is 8.42 Å². The Morgan fingerprint density at radius 3 is 2.36 bits per heavy atom. The topological polar surface area (TPSA) is 122 Å². The van der Waals surface area contributed by atoms with Crippen molar-refractivity contribution in [2.75, 3.05) is 5.32 Å². The lowest BCUT2D eigenvalue weighted by Crippen LogP contribution is -2.24. The van der Waals surface area contributed by atoms with Crippen molar-refractivity contribution in [1.82, 2.24) is 0 Å². The second-order valence-electron chi connectivity index (χ2n) is 5.91. The number of hydrogen-bond acceptors (Lipinski definition) is 4. The lowest BCUT2D eigenvalue weighted by molar-refractivity contribution is 0.0698. The molecule has 0 aliphatic heterocycles. The molecule has 4 N–H and O–H groups in total. The summed E-state index contributed by atoms with van der Waals surface area (Å²) in [6.45, 7) is 1.84. The predicted molar refractivity (Wildman–Crippen MR) is 110 cm³/mol. The van der Waals surface area contributed by atoms with E-state index in [0.717, 1.165) is 22.5 Å². The summed E-state index contributed by atoms with van der Waals surface area (Å²) in [5, 5.41) is 12.2. The molecule has 3 rings (SSSR count). The molecule has 0 aliphatic rings. The number of nitrogens with one attached hydrogen (secondary N) is 1. The summed E-state index contributed by atoms with van der Waals surface area (Å²) >= 11 is 1.15. The zero-order chi connectivity index (χ0) is 20.3. The number of aromatic carboxylic acids is 1. The third kappa shape index (κ3) is 4.38. The molecule has 0 saturated carbocycles. The van der Waals surface area contributed by atoms with E-state index in [1.165, 1.54) is 18.2 Å². The Kier molecular flexibility index (Phi) is 5.48. The van der Waals surface area contributed by atoms with Gasteiger partial charge >= 0.3 is 5.97 Å². The van der Waals surface area contributed by atoms with Crippen LogP contribution in [-0.2, 0) is 10.0 Å². The summed E-state index contributed by atoms with van der Waals surface area (Å²) in [7, 11) is -4.02. The molecule has 0 amide bonds. The van der Waals surface area contributed by atoms with Crippen LogP contribution in [0.1, 0.15) is 15.9 Å². The maximum absolute atomic E-state index is 12.4. The SMILES string of the molecule is Cc1ccc(S(=O)(=O)N=C(N)Nc2sc(-c3ccccc3)cc2C(=O)O)cc1. The first-order chi connectivity index (χ1) is 13.3. The number of hydrogen-bond donors (Lipinski definition) is 3. The van der Waals surface area contributed by atoms with Crippen molar-refractivity contribution in [2.45, 2.75) is 11.8 Å². The molecule has 9 heteroatoms. The number of guanidine groups is 1. The van der Waals surface area contributed by atoms with Crippen LogP contribution in [0.5, 0.6) is 0 Å². The largest absolute Gasteiger partial charge is 0.478 e. The number of carboxylic acid groups (broad SMARTS) is 1. The van der Waals surface area contributed by atoms with E-state index in [1.807, 2.05) is 37.3 Å². The van der Waals surface area contributed by atoms with Gasteiger partial charge in [0.25, 0.3) is 10.0 Å². The van der Waals surface area contributed by atoms with Gasteiger partial charge in [-0.05, 0) is 30.7 Å². The van der Waals surface area contributed by atoms with Gasteiger partial charge in [-0.3, -0.25) is 0 Å². The number of carboxylic acids is 1. The van der Waals surface area contributed by atoms with Crippen molar-refractivity contribution in [2.24, 2.45) is 10.1 Å². The molecule has 1 aromatic heterocycles. The summed E-state index contributed by atoms with van der Waals surface area (Å²) in [5.74, 6) is -1.57. The molecule has 0 bridgehead atoms. The van der Waals surface area contributed by atoms with Crippen molar-refractivity contribution < 1.29 is 18.3 Å². The van der Waals surface area contributed by atoms with E-state index < -0.39 is 22.0 Å². The van der Waals surface area contributed by atoms with Gasteiger partial charge in [0.15, 0.2) is 0 Å². The summed E-state index contributed by atoms with van der Waals surface area (Å²) in [6, 6.07) is 16.9. The lowest BCUT2D eigenvalue weighted by atomic mass is 10.1. The first-order valence-electron chi connectivity index (χ1n) is 8.13. The fourth-order valence-electron chi connectivity index (χ4n) is 2.42. The number of nitrogens with zero attached hydrogens (tertiary/aromatic N) is 1. The number of rotatable bonds is 5. The number of carbonyl (C=O) groups is 1. The van der Waals surface area contributed by atoms with Crippen molar-refractivity contribution >= 4 is 38.3 Å². The zero-order valence-corrected chi connectivity index (χ0v) is 16.4. The minimum Gasteiger partial charge on any atom is -0.478 e. The molecule has 0 unspecified atom stereocenters. The number of sulfonamides is 1. The van der Waals surface area contributed by atoms with Crippen molar-refractivity contribution in [1.29, 1.82) is 0 Å². The zero-order valence-electron chi connectivity index (χ0n) is 14.8. The highest BCUT2D eigenvalue weighted by Crippen LogP contribution is 2.35. The van der Waals surface area contributed by atoms with Crippen LogP contribution >= 0.6 is 11.3 Å². The van der Waals surface area contributed by atoms with Gasteiger partial charge in [0, 0.05) is 4.88 Å². The quantitative estimate of drug-likeness (QED) is 0.433. The number of nitrogens with two attached hydrogens (primary N) is 1. The van der Waals surface area contributed by atoms with Gasteiger partial charge in [-0.1, -0.05) is 48.0 Å². The van der Waals surface area contributed by atoms with E-state index in [1.54, 1.807) is 12.1 Å². The standard InChI is InChI=1S/C19H17N3O4S2/c1-12-7-9-14(10-8-12)28(25,26)22-19(20)21-17-15(18(23)24)11-16(27-17)13-5-3-2-4-6-13/h2-11H,1H3,(H,23,24)(H3,20,21,22). The summed E-state index contributed by atoms with van der Waals surface area (Å²) in [5.41, 5.74) is 7.48. The second kappa shape index (κ2) is 7.83. The minimum absolute atomic E-state index is 0.00235. The van der Waals surface area contributed by atoms with Gasteiger partial charge in [0.1, 0.15) is 5.00 Å². The third-order valence-electron chi connectivity index (χ3n) is 3.80. The van der Waals surface area contributed by atoms with Crippen LogP contribution < -0.4 is 11.1 Å². The molecule has 0 radical (unpaired) electrons. The normalized spacial score (nSPS) is 12.0. The predicted octanol–water partition coefficient (Wildman–Crippen LogP) is 3.54. The Bertz CT molecular complexity index is 1140. The number of anilines is 1. The molecule has 0 fully saturated rings. The Morgan fingerprint density at radius 1 is 1.11 bits per heavy atom. The highest BCUT2D eigenvalue weighted by molar-refractivity contribution is 7.90. The molecule has 0 aliphatic carbocycles. The van der Waals surface area contributed by atoms with E-state index in [-0.39, 0.29) is 15.5 Å². The van der Waals surface area contributed by atoms with Crippen molar-refractivity contribution in [3.8, 4) is 10.4 Å². The van der Waals surface area contributed by atoms with Crippen molar-refractivity contribution in [3.63, 3.8) is 0 Å². The molecule has 0 atom stereocenters. The Hall–Kier alpha value is -3.17. The molecule has 0 spiro atoms. The molecule has 1 heterocycles.